The Kier molecular flexibility index (Phi) is 4.42. The number of benzene rings is 1. The minimum Gasteiger partial charge on any atom is -0.385 e. The minimum absolute atomic E-state index is 0.360. The van der Waals surface area contributed by atoms with Crippen molar-refractivity contribution in [2.45, 2.75) is 19.8 Å². The summed E-state index contributed by atoms with van der Waals surface area (Å²) in [4.78, 5) is 11.4. The van der Waals surface area contributed by atoms with E-state index in [0.717, 1.165) is 18.5 Å². The van der Waals surface area contributed by atoms with E-state index in [4.69, 9.17) is 5.73 Å². The fourth-order valence-electron chi connectivity index (χ4n) is 2.31. The molecule has 20 heavy (non-hydrogen) atoms. The summed E-state index contributed by atoms with van der Waals surface area (Å²) >= 11 is 0. The van der Waals surface area contributed by atoms with Gasteiger partial charge in [-0.05, 0) is 38.0 Å². The molecule has 0 atom stereocenters. The second-order valence-corrected chi connectivity index (χ2v) is 6.92. The lowest BCUT2D eigenvalue weighted by atomic mass is 10.1. The summed E-state index contributed by atoms with van der Waals surface area (Å²) in [6.45, 7) is 3.22. The van der Waals surface area contributed by atoms with E-state index in [0.29, 0.717) is 30.1 Å². The summed E-state index contributed by atoms with van der Waals surface area (Å²) in [5, 5.41) is 3.12. The van der Waals surface area contributed by atoms with Crippen LogP contribution in [0.5, 0.6) is 0 Å². The molecule has 0 aromatic heterocycles. The van der Waals surface area contributed by atoms with Crippen LogP contribution >= 0.6 is 10.8 Å². The molecule has 5 N–H and O–H groups in total. The molecule has 0 saturated carbocycles. The van der Waals surface area contributed by atoms with Gasteiger partial charge in [0.1, 0.15) is 0 Å². The summed E-state index contributed by atoms with van der Waals surface area (Å²) < 4.78 is 21.9. The van der Waals surface area contributed by atoms with Crippen molar-refractivity contribution in [3.05, 3.63) is 23.8 Å². The van der Waals surface area contributed by atoms with Crippen LogP contribution in [0, 0.1) is 0 Å². The Balaban J connectivity index is 2.41. The fraction of sp³-hybridized carbons (Fsp3) is 0.462. The topological polar surface area (TPSA) is 98.8 Å². The molecule has 0 radical (unpaired) electrons. The molecule has 6 nitrogen and oxygen atoms in total. The van der Waals surface area contributed by atoms with E-state index in [1.165, 1.54) is 0 Å². The molecule has 0 spiro atoms. The average molecular weight is 299 g/mol. The summed E-state index contributed by atoms with van der Waals surface area (Å²) in [5.74, 6) is -0.163. The van der Waals surface area contributed by atoms with E-state index >= 15 is 0 Å². The number of rotatable bonds is 4. The molecule has 1 aliphatic heterocycles. The first-order chi connectivity index (χ1) is 9.44. The van der Waals surface area contributed by atoms with E-state index in [2.05, 4.69) is 5.32 Å². The standard InChI is InChI=1S/C13H21N3O3S/c1-2-15-11-7-10(13(14)17)8-12(9-11)16-5-3-4-6-20(16,18)19/h7-9,15,18-19H,2-6H2,1H3,(H2,14,17). The number of hydrogen-bond donors (Lipinski definition) is 4. The SMILES string of the molecule is CCNc1cc(C(N)=O)cc(N2CCCCS2(O)O)c1. The number of primary amides is 1. The van der Waals surface area contributed by atoms with Crippen LogP contribution in [0.15, 0.2) is 18.2 Å². The molecule has 0 unspecified atom stereocenters. The molecule has 1 saturated heterocycles. The molecule has 1 aliphatic rings. The quantitative estimate of drug-likeness (QED) is 0.684. The van der Waals surface area contributed by atoms with Gasteiger partial charge in [-0.3, -0.25) is 18.2 Å². The van der Waals surface area contributed by atoms with Crippen LogP contribution in [0.1, 0.15) is 30.1 Å². The zero-order chi connectivity index (χ0) is 14.8. The molecule has 112 valence electrons. The van der Waals surface area contributed by atoms with E-state index in [1.807, 2.05) is 13.0 Å². The number of amides is 1. The Morgan fingerprint density at radius 3 is 2.75 bits per heavy atom. The molecule has 0 aliphatic carbocycles. The molecule has 1 amide bonds. The highest BCUT2D eigenvalue weighted by molar-refractivity contribution is 8.25. The smallest absolute Gasteiger partial charge is 0.248 e. The maximum absolute atomic E-state index is 11.4. The number of nitrogens with two attached hydrogens (primary N) is 1. The molecule has 1 heterocycles. The number of nitrogens with one attached hydrogen (secondary N) is 1. The molecular formula is C13H21N3O3S. The monoisotopic (exact) mass is 299 g/mol. The zero-order valence-electron chi connectivity index (χ0n) is 11.5. The van der Waals surface area contributed by atoms with Crippen LogP contribution in [0.4, 0.5) is 11.4 Å². The Hall–Kier alpha value is -1.44. The minimum atomic E-state index is -2.80. The van der Waals surface area contributed by atoms with Crippen molar-refractivity contribution in [2.24, 2.45) is 5.73 Å². The molecule has 2 rings (SSSR count). The third-order valence-electron chi connectivity index (χ3n) is 3.25. The van der Waals surface area contributed by atoms with Crippen molar-refractivity contribution < 1.29 is 13.9 Å². The first-order valence-electron chi connectivity index (χ1n) is 6.66. The largest absolute Gasteiger partial charge is 0.385 e. The number of carbonyl (C=O) groups is 1. The third-order valence-corrected chi connectivity index (χ3v) is 5.19. The zero-order valence-corrected chi connectivity index (χ0v) is 12.3. The van der Waals surface area contributed by atoms with Gasteiger partial charge in [-0.2, -0.15) is 0 Å². The van der Waals surface area contributed by atoms with Crippen molar-refractivity contribution in [1.29, 1.82) is 0 Å². The Labute approximate surface area is 120 Å². The van der Waals surface area contributed by atoms with Crippen molar-refractivity contribution in [3.63, 3.8) is 0 Å². The Bertz CT molecular complexity index is 508. The lowest BCUT2D eigenvalue weighted by Gasteiger charge is -2.47. The highest BCUT2D eigenvalue weighted by Gasteiger charge is 2.27. The van der Waals surface area contributed by atoms with Crippen molar-refractivity contribution in [1.82, 2.24) is 0 Å². The highest BCUT2D eigenvalue weighted by atomic mass is 32.3. The van der Waals surface area contributed by atoms with Gasteiger partial charge in [-0.1, -0.05) is 0 Å². The first-order valence-corrected chi connectivity index (χ1v) is 8.33. The lowest BCUT2D eigenvalue weighted by Crippen LogP contribution is -2.34. The van der Waals surface area contributed by atoms with Gasteiger partial charge < -0.3 is 11.1 Å². The fourth-order valence-corrected chi connectivity index (χ4v) is 3.99. The highest BCUT2D eigenvalue weighted by Crippen LogP contribution is 2.50. The van der Waals surface area contributed by atoms with Crippen LogP contribution in [0.25, 0.3) is 0 Å². The van der Waals surface area contributed by atoms with Crippen molar-refractivity contribution in [2.75, 3.05) is 28.5 Å². The number of carbonyl (C=O) groups excluding carboxylic acids is 1. The Morgan fingerprint density at radius 2 is 2.15 bits per heavy atom. The van der Waals surface area contributed by atoms with E-state index in [-0.39, 0.29) is 0 Å². The van der Waals surface area contributed by atoms with Crippen LogP contribution < -0.4 is 15.4 Å². The molecule has 0 bridgehead atoms. The van der Waals surface area contributed by atoms with Gasteiger partial charge in [0.15, 0.2) is 0 Å². The van der Waals surface area contributed by atoms with Crippen LogP contribution in [0.2, 0.25) is 0 Å². The van der Waals surface area contributed by atoms with Crippen LogP contribution in [-0.4, -0.2) is 33.9 Å². The van der Waals surface area contributed by atoms with Crippen molar-refractivity contribution >= 4 is 28.1 Å². The normalized spacial score (nSPS) is 19.4. The number of nitrogens with zero attached hydrogens (tertiary/aromatic N) is 1. The molecule has 1 aromatic carbocycles. The molecule has 1 aromatic rings. The summed E-state index contributed by atoms with van der Waals surface area (Å²) in [6, 6.07) is 5.10. The summed E-state index contributed by atoms with van der Waals surface area (Å²) in [7, 11) is -2.80. The van der Waals surface area contributed by atoms with Crippen molar-refractivity contribution in [3.8, 4) is 0 Å². The van der Waals surface area contributed by atoms with Crippen LogP contribution in [0.3, 0.4) is 0 Å². The van der Waals surface area contributed by atoms with Crippen LogP contribution in [-0.2, 0) is 0 Å². The number of hydrogen-bond acceptors (Lipinski definition) is 5. The van der Waals surface area contributed by atoms with Gasteiger partial charge in [0, 0.05) is 24.3 Å². The maximum Gasteiger partial charge on any atom is 0.248 e. The predicted octanol–water partition coefficient (Wildman–Crippen LogP) is 2.48. The Morgan fingerprint density at radius 1 is 1.40 bits per heavy atom. The average Bonchev–Trinajstić information content (AvgIpc) is 2.38. The first kappa shape index (κ1) is 15.0. The lowest BCUT2D eigenvalue weighted by molar-refractivity contribution is 0.100. The molecular weight excluding hydrogens is 278 g/mol. The predicted molar refractivity (Wildman–Crippen MR) is 83.4 cm³/mol. The van der Waals surface area contributed by atoms with Gasteiger partial charge in [0.2, 0.25) is 5.91 Å². The second kappa shape index (κ2) is 5.90. The van der Waals surface area contributed by atoms with Gasteiger partial charge in [0.05, 0.1) is 11.4 Å². The number of anilines is 2. The van der Waals surface area contributed by atoms with Gasteiger partial charge in [-0.25, -0.2) is 0 Å². The summed E-state index contributed by atoms with van der Waals surface area (Å²) in [6.07, 6.45) is 1.70. The summed E-state index contributed by atoms with van der Waals surface area (Å²) in [5.41, 5.74) is 7.07. The van der Waals surface area contributed by atoms with E-state index in [9.17, 15) is 13.9 Å². The van der Waals surface area contributed by atoms with E-state index in [1.54, 1.807) is 16.4 Å². The van der Waals surface area contributed by atoms with Gasteiger partial charge in [0.25, 0.3) is 0 Å². The van der Waals surface area contributed by atoms with Gasteiger partial charge in [-0.15, -0.1) is 10.8 Å². The third kappa shape index (κ3) is 3.17. The second-order valence-electron chi connectivity index (χ2n) is 4.81. The van der Waals surface area contributed by atoms with Gasteiger partial charge >= 0.3 is 0 Å². The molecule has 1 fully saturated rings. The van der Waals surface area contributed by atoms with E-state index < -0.39 is 16.7 Å². The maximum atomic E-state index is 11.4. The molecule has 7 heteroatoms.